The molecule has 7 heteroatoms. The van der Waals surface area contributed by atoms with Gasteiger partial charge >= 0.3 is 0 Å². The minimum atomic E-state index is -0.580. The number of carbonyl (C=O) groups excluding carboxylic acids is 1. The average molecular weight is 400 g/mol. The fourth-order valence-corrected chi connectivity index (χ4v) is 2.18. The molecule has 144 valence electrons. The minimum Gasteiger partial charge on any atom is -0.492 e. The van der Waals surface area contributed by atoms with Crippen molar-refractivity contribution in [3.8, 4) is 5.75 Å². The van der Waals surface area contributed by atoms with Gasteiger partial charge in [0.05, 0.1) is 6.04 Å². The molecule has 1 amide bonds. The molecule has 2 aromatic carbocycles. The predicted octanol–water partition coefficient (Wildman–Crippen LogP) is 2.98. The minimum absolute atomic E-state index is 0. The van der Waals surface area contributed by atoms with Crippen LogP contribution in [0.15, 0.2) is 54.6 Å². The van der Waals surface area contributed by atoms with Crippen molar-refractivity contribution in [2.45, 2.75) is 12.5 Å². The van der Waals surface area contributed by atoms with E-state index in [1.54, 1.807) is 0 Å². The lowest BCUT2D eigenvalue weighted by molar-refractivity contribution is -0.117. The quantitative estimate of drug-likeness (QED) is 0.715. The molecule has 0 radical (unpaired) electrons. The highest BCUT2D eigenvalue weighted by Gasteiger charge is 2.14. The average Bonchev–Trinajstić information content (AvgIpc) is 2.57. The summed E-state index contributed by atoms with van der Waals surface area (Å²) in [7, 11) is 4.00. The van der Waals surface area contributed by atoms with Gasteiger partial charge in [0, 0.05) is 12.2 Å². The van der Waals surface area contributed by atoms with Crippen molar-refractivity contribution < 1.29 is 9.53 Å². The fourth-order valence-electron chi connectivity index (χ4n) is 2.18. The van der Waals surface area contributed by atoms with Crippen LogP contribution in [-0.4, -0.2) is 44.1 Å². The maximum Gasteiger partial charge on any atom is 0.241 e. The Bertz CT molecular complexity index is 637. The highest BCUT2D eigenvalue weighted by atomic mass is 35.5. The molecule has 0 saturated heterocycles. The van der Waals surface area contributed by atoms with Crippen molar-refractivity contribution in [1.82, 2.24) is 4.90 Å². The van der Waals surface area contributed by atoms with Crippen LogP contribution in [0.1, 0.15) is 5.56 Å². The van der Waals surface area contributed by atoms with Crippen LogP contribution in [0, 0.1) is 0 Å². The molecule has 1 unspecified atom stereocenters. The largest absolute Gasteiger partial charge is 0.492 e. The van der Waals surface area contributed by atoms with Gasteiger partial charge in [0.2, 0.25) is 5.91 Å². The van der Waals surface area contributed by atoms with Gasteiger partial charge in [-0.25, -0.2) is 0 Å². The maximum absolute atomic E-state index is 12.2. The number of likely N-dealkylation sites (N-methyl/N-ethyl adjacent to an activating group) is 1. The highest BCUT2D eigenvalue weighted by molar-refractivity contribution is 5.94. The second-order valence-corrected chi connectivity index (χ2v) is 5.96. The van der Waals surface area contributed by atoms with Gasteiger partial charge in [-0.3, -0.25) is 4.79 Å². The molecule has 0 aliphatic rings. The third kappa shape index (κ3) is 8.54. The number of halogens is 2. The topological polar surface area (TPSA) is 67.6 Å². The standard InChI is InChI=1S/C19H25N3O2.2ClH/c1-22(2)12-13-24-17-10-8-16(9-11-17)21-19(23)18(20)14-15-6-4-3-5-7-15;;/h3-11,18H,12-14,20H2,1-2H3,(H,21,23);2*1H. The Kier molecular flexibility index (Phi) is 11.7. The molecule has 0 saturated carbocycles. The summed E-state index contributed by atoms with van der Waals surface area (Å²) in [4.78, 5) is 14.2. The molecule has 0 spiro atoms. The van der Waals surface area contributed by atoms with Gasteiger partial charge in [0.15, 0.2) is 0 Å². The summed E-state index contributed by atoms with van der Waals surface area (Å²) in [6.07, 6.45) is 0.512. The molecule has 0 aromatic heterocycles. The molecule has 0 aliphatic heterocycles. The van der Waals surface area contributed by atoms with Crippen molar-refractivity contribution >= 4 is 36.4 Å². The van der Waals surface area contributed by atoms with Crippen LogP contribution in [0.4, 0.5) is 5.69 Å². The van der Waals surface area contributed by atoms with E-state index in [1.807, 2.05) is 68.7 Å². The summed E-state index contributed by atoms with van der Waals surface area (Å²) < 4.78 is 5.62. The van der Waals surface area contributed by atoms with Gasteiger partial charge < -0.3 is 20.7 Å². The molecule has 2 aromatic rings. The third-order valence-electron chi connectivity index (χ3n) is 3.56. The molecule has 5 nitrogen and oxygen atoms in total. The van der Waals surface area contributed by atoms with E-state index in [1.165, 1.54) is 0 Å². The Morgan fingerprint density at radius 1 is 1.08 bits per heavy atom. The first kappa shape index (κ1) is 24.2. The normalized spacial score (nSPS) is 11.1. The highest BCUT2D eigenvalue weighted by Crippen LogP contribution is 2.16. The summed E-state index contributed by atoms with van der Waals surface area (Å²) in [5.41, 5.74) is 7.74. The van der Waals surface area contributed by atoms with Crippen molar-refractivity contribution in [3.63, 3.8) is 0 Å². The van der Waals surface area contributed by atoms with E-state index in [0.29, 0.717) is 18.7 Å². The summed E-state index contributed by atoms with van der Waals surface area (Å²) in [6, 6.07) is 16.5. The molecule has 0 bridgehead atoms. The number of carbonyl (C=O) groups is 1. The Hall–Kier alpha value is -1.79. The number of benzene rings is 2. The Morgan fingerprint density at radius 3 is 2.27 bits per heavy atom. The van der Waals surface area contributed by atoms with Gasteiger partial charge in [-0.05, 0) is 50.3 Å². The monoisotopic (exact) mass is 399 g/mol. The van der Waals surface area contributed by atoms with Gasteiger partial charge in [-0.2, -0.15) is 0 Å². The zero-order valence-electron chi connectivity index (χ0n) is 15.1. The van der Waals surface area contributed by atoms with E-state index in [2.05, 4.69) is 10.2 Å². The second kappa shape index (κ2) is 12.5. The first-order valence-corrected chi connectivity index (χ1v) is 8.02. The number of hydrogen-bond donors (Lipinski definition) is 2. The molecule has 0 heterocycles. The van der Waals surface area contributed by atoms with Crippen LogP contribution in [0.2, 0.25) is 0 Å². The number of nitrogens with zero attached hydrogens (tertiary/aromatic N) is 1. The van der Waals surface area contributed by atoms with E-state index in [0.717, 1.165) is 17.9 Å². The zero-order valence-corrected chi connectivity index (χ0v) is 16.7. The molecular formula is C19H27Cl2N3O2. The number of hydrogen-bond acceptors (Lipinski definition) is 4. The van der Waals surface area contributed by atoms with Crippen LogP contribution in [0.3, 0.4) is 0 Å². The lowest BCUT2D eigenvalue weighted by Crippen LogP contribution is -2.37. The van der Waals surface area contributed by atoms with Gasteiger partial charge in [0.25, 0.3) is 0 Å². The molecule has 26 heavy (non-hydrogen) atoms. The smallest absolute Gasteiger partial charge is 0.241 e. The van der Waals surface area contributed by atoms with E-state index in [-0.39, 0.29) is 30.7 Å². The number of amides is 1. The van der Waals surface area contributed by atoms with Crippen LogP contribution < -0.4 is 15.8 Å². The first-order chi connectivity index (χ1) is 11.5. The second-order valence-electron chi connectivity index (χ2n) is 5.96. The van der Waals surface area contributed by atoms with Crippen molar-refractivity contribution in [3.05, 3.63) is 60.2 Å². The third-order valence-corrected chi connectivity index (χ3v) is 3.56. The van der Waals surface area contributed by atoms with E-state index < -0.39 is 6.04 Å². The number of ether oxygens (including phenoxy) is 1. The van der Waals surface area contributed by atoms with E-state index in [9.17, 15) is 4.79 Å². The lowest BCUT2D eigenvalue weighted by Gasteiger charge is -2.13. The fraction of sp³-hybridized carbons (Fsp3) is 0.316. The SMILES string of the molecule is CN(C)CCOc1ccc(NC(=O)C(N)Cc2ccccc2)cc1.Cl.Cl. The van der Waals surface area contributed by atoms with Crippen molar-refractivity contribution in [2.75, 3.05) is 32.6 Å². The van der Waals surface area contributed by atoms with Crippen molar-refractivity contribution in [2.24, 2.45) is 5.73 Å². The lowest BCUT2D eigenvalue weighted by atomic mass is 10.1. The van der Waals surface area contributed by atoms with E-state index in [4.69, 9.17) is 10.5 Å². The van der Waals surface area contributed by atoms with Gasteiger partial charge in [-0.1, -0.05) is 30.3 Å². The maximum atomic E-state index is 12.2. The first-order valence-electron chi connectivity index (χ1n) is 8.02. The summed E-state index contributed by atoms with van der Waals surface area (Å²) in [5, 5.41) is 2.84. The van der Waals surface area contributed by atoms with Crippen LogP contribution in [-0.2, 0) is 11.2 Å². The van der Waals surface area contributed by atoms with E-state index >= 15 is 0 Å². The Morgan fingerprint density at radius 2 is 1.69 bits per heavy atom. The Balaban J connectivity index is 0.00000312. The molecular weight excluding hydrogens is 373 g/mol. The number of nitrogens with two attached hydrogens (primary N) is 1. The van der Waals surface area contributed by atoms with Crippen LogP contribution in [0.25, 0.3) is 0 Å². The number of rotatable bonds is 8. The van der Waals surface area contributed by atoms with Gasteiger partial charge in [-0.15, -0.1) is 24.8 Å². The van der Waals surface area contributed by atoms with Crippen molar-refractivity contribution in [1.29, 1.82) is 0 Å². The predicted molar refractivity (Wildman–Crippen MR) is 112 cm³/mol. The molecule has 0 fully saturated rings. The molecule has 3 N–H and O–H groups in total. The number of anilines is 1. The summed E-state index contributed by atoms with van der Waals surface area (Å²) in [5.74, 6) is 0.587. The van der Waals surface area contributed by atoms with Crippen LogP contribution >= 0.6 is 24.8 Å². The van der Waals surface area contributed by atoms with Gasteiger partial charge in [0.1, 0.15) is 12.4 Å². The molecule has 2 rings (SSSR count). The number of nitrogens with one attached hydrogen (secondary N) is 1. The zero-order chi connectivity index (χ0) is 17.4. The summed E-state index contributed by atoms with van der Waals surface area (Å²) in [6.45, 7) is 1.48. The Labute approximate surface area is 167 Å². The molecule has 0 aliphatic carbocycles. The summed E-state index contributed by atoms with van der Waals surface area (Å²) >= 11 is 0. The molecule has 1 atom stereocenters. The van der Waals surface area contributed by atoms with Crippen LogP contribution in [0.5, 0.6) is 5.75 Å².